The lowest BCUT2D eigenvalue weighted by molar-refractivity contribution is -0.125. The highest BCUT2D eigenvalue weighted by Crippen LogP contribution is 2.40. The van der Waals surface area contributed by atoms with Crippen LogP contribution in [0.25, 0.3) is 0 Å². The number of halogens is 4. The standard InChI is InChI=1S/C28H37Cl3FN3O4S/c1-34(2)27(21-5-4-6-23(32)15-21)20-9-7-19(8-10-20)11-12-33-26(36)18-39-14-13-35(3)40(37,38)28-24(30)16-22(29)17-25(28)31/h4-6,15-17,19-20,27H,7-14,18H2,1-3H3,(H,33,36). The first-order valence-electron chi connectivity index (χ1n) is 13.3. The van der Waals surface area contributed by atoms with Gasteiger partial charge in [-0.25, -0.2) is 12.8 Å². The Morgan fingerprint density at radius 3 is 2.33 bits per heavy atom. The van der Waals surface area contributed by atoms with Crippen molar-refractivity contribution < 1.29 is 22.3 Å². The molecule has 2 aromatic carbocycles. The van der Waals surface area contributed by atoms with Gasteiger partial charge in [0, 0.05) is 31.2 Å². The van der Waals surface area contributed by atoms with Crippen molar-refractivity contribution in [1.29, 1.82) is 0 Å². The summed E-state index contributed by atoms with van der Waals surface area (Å²) < 4.78 is 46.0. The first-order chi connectivity index (χ1) is 18.9. The van der Waals surface area contributed by atoms with E-state index in [4.69, 9.17) is 39.5 Å². The van der Waals surface area contributed by atoms with Crippen LogP contribution in [0.15, 0.2) is 41.3 Å². The number of sulfonamides is 1. The topological polar surface area (TPSA) is 79.0 Å². The lowest BCUT2D eigenvalue weighted by atomic mass is 9.75. The maximum atomic E-state index is 13.8. The third-order valence-electron chi connectivity index (χ3n) is 7.37. The number of rotatable bonds is 13. The van der Waals surface area contributed by atoms with Crippen LogP contribution in [-0.2, 0) is 19.6 Å². The second kappa shape index (κ2) is 15.1. The third-order valence-corrected chi connectivity index (χ3v) is 10.4. The molecule has 1 aliphatic carbocycles. The number of ether oxygens (including phenoxy) is 1. The number of carbonyl (C=O) groups is 1. The normalized spacial score (nSPS) is 18.7. The zero-order valence-electron chi connectivity index (χ0n) is 23.0. The van der Waals surface area contributed by atoms with Crippen LogP contribution in [0.4, 0.5) is 4.39 Å². The van der Waals surface area contributed by atoms with Crippen LogP contribution in [0.3, 0.4) is 0 Å². The summed E-state index contributed by atoms with van der Waals surface area (Å²) in [5, 5.41) is 2.98. The van der Waals surface area contributed by atoms with Crippen molar-refractivity contribution in [3.8, 4) is 0 Å². The van der Waals surface area contributed by atoms with Crippen molar-refractivity contribution in [3.63, 3.8) is 0 Å². The molecule has 7 nitrogen and oxygen atoms in total. The Bertz CT molecular complexity index is 1230. The highest BCUT2D eigenvalue weighted by molar-refractivity contribution is 7.89. The Kier molecular flexibility index (Phi) is 12.5. The Hall–Kier alpha value is -1.46. The van der Waals surface area contributed by atoms with Gasteiger partial charge in [0.15, 0.2) is 0 Å². The van der Waals surface area contributed by atoms with E-state index in [1.165, 1.54) is 25.2 Å². The molecule has 0 aliphatic heterocycles. The molecule has 1 N–H and O–H groups in total. The number of likely N-dealkylation sites (N-methyl/N-ethyl adjacent to an activating group) is 1. The second-order valence-electron chi connectivity index (χ2n) is 10.5. The summed E-state index contributed by atoms with van der Waals surface area (Å²) >= 11 is 18.0. The van der Waals surface area contributed by atoms with Crippen LogP contribution in [0.1, 0.15) is 43.7 Å². The van der Waals surface area contributed by atoms with E-state index in [9.17, 15) is 17.6 Å². The molecule has 0 heterocycles. The number of benzene rings is 2. The van der Waals surface area contributed by atoms with Gasteiger partial charge in [-0.3, -0.25) is 4.79 Å². The van der Waals surface area contributed by atoms with Crippen molar-refractivity contribution in [2.75, 3.05) is 47.4 Å². The number of nitrogens with one attached hydrogen (secondary N) is 1. The molecular formula is C28H37Cl3FN3O4S. The van der Waals surface area contributed by atoms with E-state index in [2.05, 4.69) is 10.2 Å². The summed E-state index contributed by atoms with van der Waals surface area (Å²) in [5.41, 5.74) is 1.02. The van der Waals surface area contributed by atoms with Gasteiger partial charge in [-0.05, 0) is 75.0 Å². The highest BCUT2D eigenvalue weighted by Gasteiger charge is 2.30. The Labute approximate surface area is 252 Å². The van der Waals surface area contributed by atoms with Gasteiger partial charge in [-0.2, -0.15) is 4.31 Å². The molecule has 1 saturated carbocycles. The number of hydrogen-bond donors (Lipinski definition) is 1. The lowest BCUT2D eigenvalue weighted by Crippen LogP contribution is -2.34. The summed E-state index contributed by atoms with van der Waals surface area (Å²) in [5.74, 6) is 0.534. The fourth-order valence-electron chi connectivity index (χ4n) is 5.35. The van der Waals surface area contributed by atoms with E-state index in [0.717, 1.165) is 42.0 Å². The van der Waals surface area contributed by atoms with Crippen LogP contribution in [0.5, 0.6) is 0 Å². The van der Waals surface area contributed by atoms with Gasteiger partial charge >= 0.3 is 0 Å². The van der Waals surface area contributed by atoms with Crippen LogP contribution in [0.2, 0.25) is 15.1 Å². The van der Waals surface area contributed by atoms with Crippen molar-refractivity contribution in [2.24, 2.45) is 11.8 Å². The van der Waals surface area contributed by atoms with Crippen LogP contribution >= 0.6 is 34.8 Å². The molecule has 2 aromatic rings. The number of carbonyl (C=O) groups excluding carboxylic acids is 1. The van der Waals surface area contributed by atoms with E-state index in [1.807, 2.05) is 20.2 Å². The van der Waals surface area contributed by atoms with Crippen molar-refractivity contribution >= 4 is 50.7 Å². The maximum absolute atomic E-state index is 13.8. The van der Waals surface area contributed by atoms with Crippen LogP contribution in [-0.4, -0.2) is 71.0 Å². The lowest BCUT2D eigenvalue weighted by Gasteiger charge is -2.37. The van der Waals surface area contributed by atoms with Gasteiger partial charge in [0.2, 0.25) is 15.9 Å². The van der Waals surface area contributed by atoms with E-state index in [-0.39, 0.29) is 57.5 Å². The van der Waals surface area contributed by atoms with Gasteiger partial charge in [-0.1, -0.05) is 59.8 Å². The number of nitrogens with zero attached hydrogens (tertiary/aromatic N) is 2. The first-order valence-corrected chi connectivity index (χ1v) is 15.8. The van der Waals surface area contributed by atoms with E-state index in [1.54, 1.807) is 12.1 Å². The molecule has 1 fully saturated rings. The van der Waals surface area contributed by atoms with Crippen molar-refractivity contribution in [3.05, 3.63) is 62.8 Å². The molecule has 1 unspecified atom stereocenters. The van der Waals surface area contributed by atoms with Crippen LogP contribution in [0, 0.1) is 17.7 Å². The molecule has 1 amide bonds. The molecule has 0 aromatic heterocycles. The quantitative estimate of drug-likeness (QED) is 0.271. The molecule has 1 atom stereocenters. The zero-order valence-corrected chi connectivity index (χ0v) is 26.1. The van der Waals surface area contributed by atoms with Crippen LogP contribution < -0.4 is 5.32 Å². The summed E-state index contributed by atoms with van der Waals surface area (Å²) in [4.78, 5) is 14.2. The Morgan fingerprint density at radius 2 is 1.73 bits per heavy atom. The van der Waals surface area contributed by atoms with E-state index in [0.29, 0.717) is 18.4 Å². The Balaban J connectivity index is 1.35. The smallest absolute Gasteiger partial charge is 0.245 e. The fraction of sp³-hybridized carbons (Fsp3) is 0.536. The molecule has 0 saturated heterocycles. The predicted molar refractivity (Wildman–Crippen MR) is 158 cm³/mol. The minimum Gasteiger partial charge on any atom is -0.370 e. The minimum atomic E-state index is -3.97. The molecule has 3 rings (SSSR count). The monoisotopic (exact) mass is 635 g/mol. The molecule has 1 aliphatic rings. The first kappa shape index (κ1) is 33.0. The molecule has 40 heavy (non-hydrogen) atoms. The molecule has 12 heteroatoms. The predicted octanol–water partition coefficient (Wildman–Crippen LogP) is 6.04. The number of hydrogen-bond acceptors (Lipinski definition) is 5. The van der Waals surface area contributed by atoms with Crippen molar-refractivity contribution in [2.45, 2.75) is 43.0 Å². The Morgan fingerprint density at radius 1 is 1.07 bits per heavy atom. The molecule has 0 bridgehead atoms. The highest BCUT2D eigenvalue weighted by atomic mass is 35.5. The maximum Gasteiger partial charge on any atom is 0.245 e. The summed E-state index contributed by atoms with van der Waals surface area (Å²) in [7, 11) is 1.50. The summed E-state index contributed by atoms with van der Waals surface area (Å²) in [6.45, 7) is 0.424. The van der Waals surface area contributed by atoms with Gasteiger partial charge < -0.3 is 15.0 Å². The van der Waals surface area contributed by atoms with E-state index < -0.39 is 10.0 Å². The summed E-state index contributed by atoms with van der Waals surface area (Å²) in [6.07, 6.45) is 5.14. The van der Waals surface area contributed by atoms with E-state index >= 15 is 0 Å². The third kappa shape index (κ3) is 9.02. The largest absolute Gasteiger partial charge is 0.370 e. The SMILES string of the molecule is CN(C)C(c1cccc(F)c1)C1CCC(CCNC(=O)COCCN(C)S(=O)(=O)c2c(Cl)cc(Cl)cc2Cl)CC1. The van der Waals surface area contributed by atoms with Crippen molar-refractivity contribution in [1.82, 2.24) is 14.5 Å². The molecular weight excluding hydrogens is 600 g/mol. The molecule has 0 spiro atoms. The number of amides is 1. The zero-order chi connectivity index (χ0) is 29.4. The van der Waals surface area contributed by atoms with Gasteiger partial charge in [-0.15, -0.1) is 0 Å². The fourth-order valence-corrected chi connectivity index (χ4v) is 7.99. The van der Waals surface area contributed by atoms with Gasteiger partial charge in [0.1, 0.15) is 17.3 Å². The van der Waals surface area contributed by atoms with Gasteiger partial charge in [0.25, 0.3) is 0 Å². The molecule has 0 radical (unpaired) electrons. The average Bonchev–Trinajstić information content (AvgIpc) is 2.86. The van der Waals surface area contributed by atoms with Gasteiger partial charge in [0.05, 0.1) is 16.7 Å². The summed E-state index contributed by atoms with van der Waals surface area (Å²) in [6, 6.07) is 9.70. The second-order valence-corrected chi connectivity index (χ2v) is 13.7. The molecule has 222 valence electrons. The minimum absolute atomic E-state index is 0.0116. The average molecular weight is 637 g/mol.